The van der Waals surface area contributed by atoms with E-state index in [1.807, 2.05) is 55.5 Å². The van der Waals surface area contributed by atoms with Gasteiger partial charge in [-0.05, 0) is 36.8 Å². The smallest absolute Gasteiger partial charge is 0.239 e. The Morgan fingerprint density at radius 3 is 2.56 bits per heavy atom. The van der Waals surface area contributed by atoms with Crippen molar-refractivity contribution in [3.05, 3.63) is 60.3 Å². The Hall–Kier alpha value is -2.73. The predicted octanol–water partition coefficient (Wildman–Crippen LogP) is 4.39. The molecule has 0 spiro atoms. The lowest BCUT2D eigenvalue weighted by Gasteiger charge is -2.05. The van der Waals surface area contributed by atoms with Crippen molar-refractivity contribution in [1.82, 2.24) is 5.16 Å². The number of thioether (sulfide) groups is 1. The minimum Gasteiger partial charge on any atom is -0.497 e. The highest BCUT2D eigenvalue weighted by atomic mass is 32.2. The lowest BCUT2D eigenvalue weighted by Crippen LogP contribution is -2.14. The quantitative estimate of drug-likeness (QED) is 0.665. The molecule has 0 saturated carbocycles. The maximum Gasteiger partial charge on any atom is 0.239 e. The van der Waals surface area contributed by atoms with Crippen molar-refractivity contribution in [2.45, 2.75) is 11.8 Å². The van der Waals surface area contributed by atoms with Crippen LogP contribution in [0.25, 0.3) is 11.1 Å². The summed E-state index contributed by atoms with van der Waals surface area (Å²) < 4.78 is 10.3. The van der Waals surface area contributed by atoms with Crippen LogP contribution in [0.15, 0.2) is 64.1 Å². The number of benzene rings is 2. The molecule has 1 heterocycles. The Balaban J connectivity index is 1.63. The zero-order chi connectivity index (χ0) is 17.6. The van der Waals surface area contributed by atoms with E-state index in [0.717, 1.165) is 21.8 Å². The summed E-state index contributed by atoms with van der Waals surface area (Å²) in [7, 11) is 1.62. The van der Waals surface area contributed by atoms with Crippen LogP contribution in [0.1, 0.15) is 5.56 Å². The number of anilines is 1. The van der Waals surface area contributed by atoms with E-state index in [2.05, 4.69) is 10.5 Å². The van der Waals surface area contributed by atoms with E-state index in [9.17, 15) is 4.79 Å². The number of nitrogens with zero attached hydrogens (tertiary/aromatic N) is 1. The van der Waals surface area contributed by atoms with E-state index < -0.39 is 0 Å². The first-order valence-electron chi connectivity index (χ1n) is 7.74. The van der Waals surface area contributed by atoms with Gasteiger partial charge in [-0.2, -0.15) is 0 Å². The molecule has 128 valence electrons. The first-order valence-corrected chi connectivity index (χ1v) is 8.72. The lowest BCUT2D eigenvalue weighted by molar-refractivity contribution is -0.113. The average molecular weight is 354 g/mol. The van der Waals surface area contributed by atoms with E-state index in [1.54, 1.807) is 13.3 Å². The first-order chi connectivity index (χ1) is 12.2. The van der Waals surface area contributed by atoms with Crippen molar-refractivity contribution in [1.29, 1.82) is 0 Å². The zero-order valence-corrected chi connectivity index (χ0v) is 14.8. The van der Waals surface area contributed by atoms with Crippen LogP contribution in [0.3, 0.4) is 0 Å². The summed E-state index contributed by atoms with van der Waals surface area (Å²) in [5.74, 6) is 1.27. The number of hydrogen-bond donors (Lipinski definition) is 1. The molecule has 0 aliphatic carbocycles. The standard InChI is InChI=1S/C19H18N2O3S/c1-13-3-9-16(10-4-13)25-12-18(22)21-19-17(11-20-24-19)14-5-7-15(23-2)8-6-14/h3-11H,12H2,1-2H3,(H,21,22). The molecule has 1 amide bonds. The van der Waals surface area contributed by atoms with E-state index in [4.69, 9.17) is 9.26 Å². The average Bonchev–Trinajstić information content (AvgIpc) is 3.09. The number of aromatic nitrogens is 1. The molecule has 3 aromatic rings. The number of rotatable bonds is 6. The molecule has 25 heavy (non-hydrogen) atoms. The molecular weight excluding hydrogens is 336 g/mol. The zero-order valence-electron chi connectivity index (χ0n) is 14.0. The van der Waals surface area contributed by atoms with Crippen LogP contribution in [-0.4, -0.2) is 23.9 Å². The van der Waals surface area contributed by atoms with Crippen LogP contribution in [-0.2, 0) is 4.79 Å². The first kappa shape index (κ1) is 17.1. The van der Waals surface area contributed by atoms with Crippen LogP contribution >= 0.6 is 11.8 Å². The van der Waals surface area contributed by atoms with Crippen molar-refractivity contribution < 1.29 is 14.1 Å². The van der Waals surface area contributed by atoms with Crippen LogP contribution in [0.2, 0.25) is 0 Å². The number of amides is 1. The summed E-state index contributed by atoms with van der Waals surface area (Å²) in [6.45, 7) is 2.03. The van der Waals surface area contributed by atoms with Gasteiger partial charge in [-0.1, -0.05) is 35.0 Å². The van der Waals surface area contributed by atoms with Gasteiger partial charge in [0, 0.05) is 4.90 Å². The number of methoxy groups -OCH3 is 1. The molecule has 1 N–H and O–H groups in total. The number of ether oxygens (including phenoxy) is 1. The second kappa shape index (κ2) is 7.90. The molecule has 0 aliphatic rings. The SMILES string of the molecule is COc1ccc(-c2cnoc2NC(=O)CSc2ccc(C)cc2)cc1. The minimum absolute atomic E-state index is 0.142. The van der Waals surface area contributed by atoms with Gasteiger partial charge in [-0.15, -0.1) is 11.8 Å². The molecule has 0 aliphatic heterocycles. The highest BCUT2D eigenvalue weighted by Gasteiger charge is 2.14. The van der Waals surface area contributed by atoms with E-state index in [-0.39, 0.29) is 5.91 Å². The van der Waals surface area contributed by atoms with Crippen molar-refractivity contribution in [2.24, 2.45) is 0 Å². The van der Waals surface area contributed by atoms with E-state index in [0.29, 0.717) is 11.6 Å². The van der Waals surface area contributed by atoms with Crippen molar-refractivity contribution >= 4 is 23.6 Å². The topological polar surface area (TPSA) is 64.4 Å². The van der Waals surface area contributed by atoms with Gasteiger partial charge >= 0.3 is 0 Å². The number of aryl methyl sites for hydroxylation is 1. The van der Waals surface area contributed by atoms with Crippen LogP contribution in [0, 0.1) is 6.92 Å². The predicted molar refractivity (Wildman–Crippen MR) is 99.0 cm³/mol. The maximum atomic E-state index is 12.2. The largest absolute Gasteiger partial charge is 0.497 e. The molecule has 5 nitrogen and oxygen atoms in total. The fourth-order valence-electron chi connectivity index (χ4n) is 2.25. The maximum absolute atomic E-state index is 12.2. The molecule has 0 atom stereocenters. The van der Waals surface area contributed by atoms with Crippen molar-refractivity contribution in [3.63, 3.8) is 0 Å². The van der Waals surface area contributed by atoms with Gasteiger partial charge in [0.1, 0.15) is 5.75 Å². The Morgan fingerprint density at radius 2 is 1.88 bits per heavy atom. The minimum atomic E-state index is -0.142. The third-order valence-corrected chi connectivity index (χ3v) is 4.63. The van der Waals surface area contributed by atoms with E-state index >= 15 is 0 Å². The monoisotopic (exact) mass is 354 g/mol. The summed E-state index contributed by atoms with van der Waals surface area (Å²) in [5.41, 5.74) is 2.82. The van der Waals surface area contributed by atoms with Crippen LogP contribution in [0.5, 0.6) is 5.75 Å². The van der Waals surface area contributed by atoms with Gasteiger partial charge < -0.3 is 9.26 Å². The normalized spacial score (nSPS) is 10.5. The third-order valence-electron chi connectivity index (χ3n) is 3.62. The fourth-order valence-corrected chi connectivity index (χ4v) is 2.95. The number of carbonyl (C=O) groups is 1. The lowest BCUT2D eigenvalue weighted by atomic mass is 10.1. The number of carbonyl (C=O) groups excluding carboxylic acids is 1. The van der Waals surface area contributed by atoms with Gasteiger partial charge in [-0.3, -0.25) is 10.1 Å². The molecule has 0 unspecified atom stereocenters. The summed E-state index contributed by atoms with van der Waals surface area (Å²) in [6, 6.07) is 15.5. The molecule has 0 radical (unpaired) electrons. The van der Waals surface area contributed by atoms with Gasteiger partial charge in [-0.25, -0.2) is 0 Å². The van der Waals surface area contributed by atoms with Crippen molar-refractivity contribution in [2.75, 3.05) is 18.2 Å². The van der Waals surface area contributed by atoms with Crippen LogP contribution < -0.4 is 10.1 Å². The molecule has 0 saturated heterocycles. The van der Waals surface area contributed by atoms with Gasteiger partial charge in [0.25, 0.3) is 0 Å². The number of hydrogen-bond acceptors (Lipinski definition) is 5. The highest BCUT2D eigenvalue weighted by Crippen LogP contribution is 2.29. The Labute approximate surface area is 150 Å². The highest BCUT2D eigenvalue weighted by molar-refractivity contribution is 8.00. The van der Waals surface area contributed by atoms with Gasteiger partial charge in [0.2, 0.25) is 11.8 Å². The molecular formula is C19H18N2O3S. The van der Waals surface area contributed by atoms with Gasteiger partial charge in [0.15, 0.2) is 0 Å². The molecule has 2 aromatic carbocycles. The molecule has 6 heteroatoms. The Bertz CT molecular complexity index is 842. The van der Waals surface area contributed by atoms with Crippen molar-refractivity contribution in [3.8, 4) is 16.9 Å². The molecule has 1 aromatic heterocycles. The third kappa shape index (κ3) is 4.42. The molecule has 0 bridgehead atoms. The molecule has 0 fully saturated rings. The Morgan fingerprint density at radius 1 is 1.16 bits per heavy atom. The second-order valence-corrected chi connectivity index (χ2v) is 6.50. The molecule has 3 rings (SSSR count). The van der Waals surface area contributed by atoms with E-state index in [1.165, 1.54) is 17.3 Å². The Kier molecular flexibility index (Phi) is 5.40. The summed E-state index contributed by atoms with van der Waals surface area (Å²) in [6.07, 6.45) is 1.59. The second-order valence-electron chi connectivity index (χ2n) is 5.45. The summed E-state index contributed by atoms with van der Waals surface area (Å²) in [4.78, 5) is 13.2. The van der Waals surface area contributed by atoms with Gasteiger partial charge in [0.05, 0.1) is 24.6 Å². The summed E-state index contributed by atoms with van der Waals surface area (Å²) in [5, 5.41) is 6.57. The summed E-state index contributed by atoms with van der Waals surface area (Å²) >= 11 is 1.48. The van der Waals surface area contributed by atoms with Crippen LogP contribution in [0.4, 0.5) is 5.88 Å². The number of nitrogens with one attached hydrogen (secondary N) is 1. The fraction of sp³-hybridized carbons (Fsp3) is 0.158.